The number of methoxy groups -OCH3 is 1. The second-order valence-electron chi connectivity index (χ2n) is 4.28. The molecule has 0 fully saturated rings. The number of nitrogens with zero attached hydrogens (tertiary/aromatic N) is 5. The molecular formula is C14H12N6OS. The maximum atomic E-state index is 5.20. The molecule has 8 heteroatoms. The second-order valence-corrected chi connectivity index (χ2v) is 4.66. The van der Waals surface area contributed by atoms with Gasteiger partial charge < -0.3 is 4.74 Å². The summed E-state index contributed by atoms with van der Waals surface area (Å²) < 4.78 is 7.06. The molecule has 22 heavy (non-hydrogen) atoms. The zero-order valence-corrected chi connectivity index (χ0v) is 12.5. The number of hydrogen-bond donors (Lipinski definition) is 1. The third kappa shape index (κ3) is 2.91. The Morgan fingerprint density at radius 1 is 1.36 bits per heavy atom. The van der Waals surface area contributed by atoms with E-state index in [0.29, 0.717) is 16.3 Å². The van der Waals surface area contributed by atoms with Crippen molar-refractivity contribution in [2.75, 3.05) is 7.11 Å². The van der Waals surface area contributed by atoms with Crippen molar-refractivity contribution < 1.29 is 4.74 Å². The van der Waals surface area contributed by atoms with Crippen LogP contribution in [0, 0.1) is 4.77 Å². The van der Waals surface area contributed by atoms with Crippen LogP contribution in [0.4, 0.5) is 0 Å². The van der Waals surface area contributed by atoms with E-state index in [-0.39, 0.29) is 0 Å². The van der Waals surface area contributed by atoms with Crippen molar-refractivity contribution in [2.24, 2.45) is 5.10 Å². The molecule has 0 spiro atoms. The van der Waals surface area contributed by atoms with Gasteiger partial charge in [-0.1, -0.05) is 12.1 Å². The van der Waals surface area contributed by atoms with E-state index in [1.54, 1.807) is 31.9 Å². The first-order chi connectivity index (χ1) is 10.8. The molecule has 0 aliphatic heterocycles. The molecule has 110 valence electrons. The molecule has 0 aliphatic rings. The van der Waals surface area contributed by atoms with E-state index in [9.17, 15) is 0 Å². The summed E-state index contributed by atoms with van der Waals surface area (Å²) in [5.74, 6) is 1.26. The molecule has 3 aromatic rings. The molecular weight excluding hydrogens is 300 g/mol. The average molecular weight is 312 g/mol. The zero-order valence-electron chi connectivity index (χ0n) is 11.7. The smallest absolute Gasteiger partial charge is 0.216 e. The number of benzene rings is 1. The normalized spacial score (nSPS) is 11.0. The highest BCUT2D eigenvalue weighted by Gasteiger charge is 2.09. The molecule has 0 saturated heterocycles. The first kappa shape index (κ1) is 14.1. The molecule has 0 aliphatic carbocycles. The molecule has 0 radical (unpaired) electrons. The molecule has 2 aromatic heterocycles. The molecule has 1 N–H and O–H groups in total. The van der Waals surface area contributed by atoms with Gasteiger partial charge in [0.1, 0.15) is 11.4 Å². The summed E-state index contributed by atoms with van der Waals surface area (Å²) in [5.41, 5.74) is 1.46. The summed E-state index contributed by atoms with van der Waals surface area (Å²) in [5, 5.41) is 11.2. The second kappa shape index (κ2) is 6.27. The van der Waals surface area contributed by atoms with Crippen molar-refractivity contribution in [2.45, 2.75) is 0 Å². The van der Waals surface area contributed by atoms with Gasteiger partial charge in [0.2, 0.25) is 10.6 Å². The number of ether oxygens (including phenoxy) is 1. The Morgan fingerprint density at radius 3 is 3.05 bits per heavy atom. The average Bonchev–Trinajstić information content (AvgIpc) is 2.95. The van der Waals surface area contributed by atoms with Crippen LogP contribution < -0.4 is 4.74 Å². The standard InChI is InChI=1S/C14H12N6OS/c1-21-11-4-2-3-10(7-11)8-17-20-13(18-19-14(20)22)12-9-15-5-6-16-12/h2-9H,1H3,(H,19,22)/b17-8+. The van der Waals surface area contributed by atoms with Crippen LogP contribution in [-0.2, 0) is 0 Å². The molecule has 1 aromatic carbocycles. The first-order valence-corrected chi connectivity index (χ1v) is 6.81. The van der Waals surface area contributed by atoms with Crippen molar-refractivity contribution in [3.8, 4) is 17.3 Å². The Bertz CT molecular complexity index is 855. The van der Waals surface area contributed by atoms with Gasteiger partial charge in [-0.3, -0.25) is 4.98 Å². The predicted octanol–water partition coefficient (Wildman–Crippen LogP) is 2.29. The third-order valence-electron chi connectivity index (χ3n) is 2.86. The molecule has 3 rings (SSSR count). The Balaban J connectivity index is 1.97. The van der Waals surface area contributed by atoms with E-state index in [1.165, 1.54) is 4.68 Å². The first-order valence-electron chi connectivity index (χ1n) is 6.40. The summed E-state index contributed by atoms with van der Waals surface area (Å²) in [6, 6.07) is 7.54. The van der Waals surface area contributed by atoms with Gasteiger partial charge in [0, 0.05) is 12.4 Å². The summed E-state index contributed by atoms with van der Waals surface area (Å²) in [7, 11) is 1.62. The lowest BCUT2D eigenvalue weighted by atomic mass is 10.2. The maximum Gasteiger partial charge on any atom is 0.216 e. The topological polar surface area (TPSA) is 81.0 Å². The number of nitrogens with one attached hydrogen (secondary N) is 1. The summed E-state index contributed by atoms with van der Waals surface area (Å²) in [6.07, 6.45) is 6.45. The number of hydrogen-bond acceptors (Lipinski definition) is 6. The summed E-state index contributed by atoms with van der Waals surface area (Å²) >= 11 is 5.20. The summed E-state index contributed by atoms with van der Waals surface area (Å²) in [4.78, 5) is 8.22. The van der Waals surface area contributed by atoms with Gasteiger partial charge in [0.15, 0.2) is 0 Å². The predicted molar refractivity (Wildman–Crippen MR) is 84.4 cm³/mol. The molecule has 0 bridgehead atoms. The van der Waals surface area contributed by atoms with Gasteiger partial charge >= 0.3 is 0 Å². The fourth-order valence-electron chi connectivity index (χ4n) is 1.83. The van der Waals surface area contributed by atoms with Crippen molar-refractivity contribution in [3.05, 3.63) is 53.2 Å². The monoisotopic (exact) mass is 312 g/mol. The Morgan fingerprint density at radius 2 is 2.27 bits per heavy atom. The van der Waals surface area contributed by atoms with Crippen LogP contribution in [0.2, 0.25) is 0 Å². The minimum atomic E-state index is 0.375. The maximum absolute atomic E-state index is 5.20. The zero-order chi connectivity index (χ0) is 15.4. The third-order valence-corrected chi connectivity index (χ3v) is 3.12. The van der Waals surface area contributed by atoms with Crippen LogP contribution in [0.25, 0.3) is 11.5 Å². The molecule has 0 atom stereocenters. The Labute approximate surface area is 131 Å². The molecule has 7 nitrogen and oxygen atoms in total. The van der Waals surface area contributed by atoms with Gasteiger partial charge in [-0.15, -0.1) is 0 Å². The van der Waals surface area contributed by atoms with Crippen LogP contribution in [0.15, 0.2) is 48.0 Å². The quantitative estimate of drug-likeness (QED) is 0.590. The molecule has 2 heterocycles. The van der Waals surface area contributed by atoms with Crippen molar-refractivity contribution in [1.82, 2.24) is 24.8 Å². The molecule has 0 saturated carbocycles. The van der Waals surface area contributed by atoms with E-state index in [1.807, 2.05) is 24.3 Å². The van der Waals surface area contributed by atoms with Gasteiger partial charge in [-0.05, 0) is 29.9 Å². The van der Waals surface area contributed by atoms with Crippen LogP contribution in [0.5, 0.6) is 5.75 Å². The minimum absolute atomic E-state index is 0.375. The fraction of sp³-hybridized carbons (Fsp3) is 0.0714. The molecule has 0 unspecified atom stereocenters. The largest absolute Gasteiger partial charge is 0.497 e. The Hall–Kier alpha value is -2.87. The van der Waals surface area contributed by atoms with Crippen LogP contribution >= 0.6 is 12.2 Å². The van der Waals surface area contributed by atoms with Gasteiger partial charge in [0.05, 0.1) is 19.5 Å². The van der Waals surface area contributed by atoms with Crippen molar-refractivity contribution in [3.63, 3.8) is 0 Å². The highest BCUT2D eigenvalue weighted by Crippen LogP contribution is 2.14. The van der Waals surface area contributed by atoms with Crippen molar-refractivity contribution >= 4 is 18.4 Å². The minimum Gasteiger partial charge on any atom is -0.497 e. The molecule has 0 amide bonds. The van der Waals surface area contributed by atoms with E-state index in [0.717, 1.165) is 11.3 Å². The van der Waals surface area contributed by atoms with Crippen LogP contribution in [0.3, 0.4) is 0 Å². The van der Waals surface area contributed by atoms with E-state index in [2.05, 4.69) is 25.3 Å². The Kier molecular flexibility index (Phi) is 4.01. The SMILES string of the molecule is COc1cccc(/C=N/n2c(-c3cnccn3)n[nH]c2=S)c1. The number of H-pyrrole nitrogens is 1. The highest BCUT2D eigenvalue weighted by atomic mass is 32.1. The highest BCUT2D eigenvalue weighted by molar-refractivity contribution is 7.71. The lowest BCUT2D eigenvalue weighted by Gasteiger charge is -2.01. The van der Waals surface area contributed by atoms with Gasteiger partial charge in [-0.25, -0.2) is 10.1 Å². The van der Waals surface area contributed by atoms with E-state index >= 15 is 0 Å². The van der Waals surface area contributed by atoms with Crippen LogP contribution in [0.1, 0.15) is 5.56 Å². The number of aromatic nitrogens is 5. The van der Waals surface area contributed by atoms with E-state index < -0.39 is 0 Å². The lowest BCUT2D eigenvalue weighted by molar-refractivity contribution is 0.415. The van der Waals surface area contributed by atoms with Crippen LogP contribution in [-0.4, -0.2) is 38.2 Å². The number of aromatic amines is 1. The fourth-order valence-corrected chi connectivity index (χ4v) is 2.00. The van der Waals surface area contributed by atoms with E-state index in [4.69, 9.17) is 17.0 Å². The van der Waals surface area contributed by atoms with Gasteiger partial charge in [0.25, 0.3) is 0 Å². The summed E-state index contributed by atoms with van der Waals surface area (Å²) in [6.45, 7) is 0. The van der Waals surface area contributed by atoms with Crippen molar-refractivity contribution in [1.29, 1.82) is 0 Å². The number of rotatable bonds is 4. The lowest BCUT2D eigenvalue weighted by Crippen LogP contribution is -1.97. The van der Waals surface area contributed by atoms with Gasteiger partial charge in [-0.2, -0.15) is 14.9 Å².